The third-order valence-electron chi connectivity index (χ3n) is 2.69. The van der Waals surface area contributed by atoms with Crippen LogP contribution in [0.25, 0.3) is 0 Å². The molecule has 0 aliphatic carbocycles. The van der Waals surface area contributed by atoms with E-state index in [1.54, 1.807) is 12.1 Å². The molecular weight excluding hydrogens is 305 g/mol. The van der Waals surface area contributed by atoms with Crippen LogP contribution in [0.1, 0.15) is 23.2 Å². The van der Waals surface area contributed by atoms with E-state index >= 15 is 0 Å². The maximum Gasteiger partial charge on any atom is 0.255 e. The minimum atomic E-state index is -0.486. The lowest BCUT2D eigenvalue weighted by atomic mass is 10.1. The van der Waals surface area contributed by atoms with E-state index in [1.165, 1.54) is 6.07 Å². The first-order chi connectivity index (χ1) is 8.18. The molecule has 1 amide bonds. The quantitative estimate of drug-likeness (QED) is 0.907. The van der Waals surface area contributed by atoms with Crippen LogP contribution < -0.4 is 5.32 Å². The van der Waals surface area contributed by atoms with E-state index in [0.717, 1.165) is 24.3 Å². The molecule has 2 rings (SSSR count). The van der Waals surface area contributed by atoms with Crippen molar-refractivity contribution in [2.24, 2.45) is 0 Å². The van der Waals surface area contributed by atoms with Gasteiger partial charge in [0.2, 0.25) is 0 Å². The number of benzene rings is 1. The van der Waals surface area contributed by atoms with Crippen LogP contribution in [0.4, 0.5) is 4.39 Å². The summed E-state index contributed by atoms with van der Waals surface area (Å²) in [5, 5.41) is 2.89. The number of rotatable bonds is 2. The van der Waals surface area contributed by atoms with Gasteiger partial charge in [-0.15, -0.1) is 0 Å². The number of hydrogen-bond acceptors (Lipinski definition) is 2. The topological polar surface area (TPSA) is 29.1 Å². The molecule has 5 heteroatoms. The van der Waals surface area contributed by atoms with Gasteiger partial charge >= 0.3 is 0 Å². The average Bonchev–Trinajstić information content (AvgIpc) is 2.30. The van der Waals surface area contributed by atoms with E-state index < -0.39 is 5.82 Å². The van der Waals surface area contributed by atoms with Crippen molar-refractivity contribution in [2.75, 3.05) is 11.5 Å². The predicted molar refractivity (Wildman–Crippen MR) is 71.9 cm³/mol. The molecule has 1 unspecified atom stereocenters. The molecule has 1 aromatic carbocycles. The second-order valence-electron chi connectivity index (χ2n) is 3.98. The van der Waals surface area contributed by atoms with Crippen molar-refractivity contribution in [1.29, 1.82) is 0 Å². The Morgan fingerprint density at radius 1 is 1.53 bits per heavy atom. The Balaban J connectivity index is 2.08. The Morgan fingerprint density at radius 3 is 3.00 bits per heavy atom. The molecule has 1 fully saturated rings. The van der Waals surface area contributed by atoms with Gasteiger partial charge in [-0.05, 0) is 46.7 Å². The van der Waals surface area contributed by atoms with Gasteiger partial charge in [0.05, 0.1) is 5.56 Å². The SMILES string of the molecule is O=C(NC1CCCSC1)c1c(F)cccc1Br. The summed E-state index contributed by atoms with van der Waals surface area (Å²) in [5.41, 5.74) is 0.100. The Kier molecular flexibility index (Phi) is 4.45. The molecule has 17 heavy (non-hydrogen) atoms. The van der Waals surface area contributed by atoms with Gasteiger partial charge in [0.25, 0.3) is 5.91 Å². The largest absolute Gasteiger partial charge is 0.348 e. The second-order valence-corrected chi connectivity index (χ2v) is 5.99. The summed E-state index contributed by atoms with van der Waals surface area (Å²) in [4.78, 5) is 12.0. The van der Waals surface area contributed by atoms with Gasteiger partial charge < -0.3 is 5.32 Å². The summed E-state index contributed by atoms with van der Waals surface area (Å²) in [6, 6.07) is 4.71. The zero-order chi connectivity index (χ0) is 12.3. The molecule has 1 aliphatic rings. The molecule has 1 saturated heterocycles. The van der Waals surface area contributed by atoms with Crippen molar-refractivity contribution in [1.82, 2.24) is 5.32 Å². The fourth-order valence-corrected chi connectivity index (χ4v) is 3.42. The summed E-state index contributed by atoms with van der Waals surface area (Å²) >= 11 is 5.03. The monoisotopic (exact) mass is 317 g/mol. The van der Waals surface area contributed by atoms with Crippen LogP contribution in [0.5, 0.6) is 0 Å². The van der Waals surface area contributed by atoms with E-state index in [2.05, 4.69) is 21.2 Å². The lowest BCUT2D eigenvalue weighted by Gasteiger charge is -2.22. The Hall–Kier alpha value is -0.550. The highest BCUT2D eigenvalue weighted by Crippen LogP contribution is 2.21. The van der Waals surface area contributed by atoms with Gasteiger partial charge in [0.1, 0.15) is 5.82 Å². The fourth-order valence-electron chi connectivity index (χ4n) is 1.83. The van der Waals surface area contributed by atoms with Crippen LogP contribution >= 0.6 is 27.7 Å². The summed E-state index contributed by atoms with van der Waals surface area (Å²) in [5.74, 6) is 1.25. The molecule has 0 spiro atoms. The van der Waals surface area contributed by atoms with Crippen molar-refractivity contribution < 1.29 is 9.18 Å². The molecule has 92 valence electrons. The van der Waals surface area contributed by atoms with Crippen LogP contribution in [-0.4, -0.2) is 23.5 Å². The fraction of sp³-hybridized carbons (Fsp3) is 0.417. The van der Waals surface area contributed by atoms with Gasteiger partial charge in [0, 0.05) is 16.3 Å². The average molecular weight is 318 g/mol. The number of carbonyl (C=O) groups excluding carboxylic acids is 1. The summed E-state index contributed by atoms with van der Waals surface area (Å²) in [6.45, 7) is 0. The Morgan fingerprint density at radius 2 is 2.35 bits per heavy atom. The normalized spacial score (nSPS) is 20.0. The van der Waals surface area contributed by atoms with Crippen LogP contribution in [0.3, 0.4) is 0 Å². The number of amides is 1. The number of halogens is 2. The van der Waals surface area contributed by atoms with Crippen LogP contribution in [0.15, 0.2) is 22.7 Å². The van der Waals surface area contributed by atoms with Gasteiger partial charge in [-0.2, -0.15) is 11.8 Å². The molecule has 0 radical (unpaired) electrons. The number of nitrogens with one attached hydrogen (secondary N) is 1. The van der Waals surface area contributed by atoms with Gasteiger partial charge in [-0.1, -0.05) is 6.07 Å². The van der Waals surface area contributed by atoms with E-state index in [0.29, 0.717) is 4.47 Å². The molecule has 1 aromatic rings. The molecule has 0 bridgehead atoms. The first-order valence-electron chi connectivity index (χ1n) is 5.51. The van der Waals surface area contributed by atoms with Crippen molar-refractivity contribution in [3.63, 3.8) is 0 Å². The first-order valence-corrected chi connectivity index (χ1v) is 7.46. The van der Waals surface area contributed by atoms with Crippen LogP contribution in [0, 0.1) is 5.82 Å². The van der Waals surface area contributed by atoms with Gasteiger partial charge in [-0.3, -0.25) is 4.79 Å². The predicted octanol–water partition coefficient (Wildman–Crippen LogP) is 3.21. The van der Waals surface area contributed by atoms with Gasteiger partial charge in [0.15, 0.2) is 0 Å². The molecule has 2 nitrogen and oxygen atoms in total. The zero-order valence-electron chi connectivity index (χ0n) is 9.21. The standard InChI is InChI=1S/C12H13BrFNOS/c13-9-4-1-5-10(14)11(9)12(16)15-8-3-2-6-17-7-8/h1,4-5,8H,2-3,6-7H2,(H,15,16). The van der Waals surface area contributed by atoms with Crippen molar-refractivity contribution in [3.05, 3.63) is 34.1 Å². The highest BCUT2D eigenvalue weighted by atomic mass is 79.9. The van der Waals surface area contributed by atoms with Crippen LogP contribution in [0.2, 0.25) is 0 Å². The summed E-state index contributed by atoms with van der Waals surface area (Å²) < 4.78 is 14.1. The molecule has 1 aliphatic heterocycles. The highest BCUT2D eigenvalue weighted by Gasteiger charge is 2.20. The molecule has 0 saturated carbocycles. The lowest BCUT2D eigenvalue weighted by molar-refractivity contribution is 0.0933. The third kappa shape index (κ3) is 3.22. The van der Waals surface area contributed by atoms with Gasteiger partial charge in [-0.25, -0.2) is 4.39 Å². The molecule has 0 aromatic heterocycles. The van der Waals surface area contributed by atoms with Crippen molar-refractivity contribution in [3.8, 4) is 0 Å². The number of carbonyl (C=O) groups is 1. The molecule has 1 heterocycles. The number of thioether (sulfide) groups is 1. The van der Waals surface area contributed by atoms with E-state index in [1.807, 2.05) is 11.8 Å². The maximum absolute atomic E-state index is 13.6. The second kappa shape index (κ2) is 5.87. The third-order valence-corrected chi connectivity index (χ3v) is 4.56. The van der Waals surface area contributed by atoms with E-state index in [9.17, 15) is 9.18 Å². The molecular formula is C12H13BrFNOS. The lowest BCUT2D eigenvalue weighted by Crippen LogP contribution is -2.38. The van der Waals surface area contributed by atoms with E-state index in [-0.39, 0.29) is 17.5 Å². The zero-order valence-corrected chi connectivity index (χ0v) is 11.6. The minimum absolute atomic E-state index is 0.100. The van der Waals surface area contributed by atoms with E-state index in [4.69, 9.17) is 0 Å². The van der Waals surface area contributed by atoms with Crippen LogP contribution in [-0.2, 0) is 0 Å². The number of hydrogen-bond donors (Lipinski definition) is 1. The molecule has 1 N–H and O–H groups in total. The minimum Gasteiger partial charge on any atom is -0.348 e. The smallest absolute Gasteiger partial charge is 0.255 e. The molecule has 1 atom stereocenters. The maximum atomic E-state index is 13.6. The highest BCUT2D eigenvalue weighted by molar-refractivity contribution is 9.10. The Labute approximate surface area is 112 Å². The Bertz CT molecular complexity index is 401. The van der Waals surface area contributed by atoms with Crippen molar-refractivity contribution >= 4 is 33.6 Å². The summed E-state index contributed by atoms with van der Waals surface area (Å²) in [7, 11) is 0. The summed E-state index contributed by atoms with van der Waals surface area (Å²) in [6.07, 6.45) is 2.08. The van der Waals surface area contributed by atoms with Crippen molar-refractivity contribution in [2.45, 2.75) is 18.9 Å². The first kappa shape index (κ1) is 12.9.